The van der Waals surface area contributed by atoms with Gasteiger partial charge in [0, 0.05) is 13.3 Å². The third kappa shape index (κ3) is 3.71. The minimum Gasteiger partial charge on any atom is -0.496 e. The number of carbonyl (C=O) groups is 2. The van der Waals surface area contributed by atoms with Gasteiger partial charge in [-0.15, -0.1) is 0 Å². The van der Waals surface area contributed by atoms with Crippen molar-refractivity contribution < 1.29 is 19.4 Å². The lowest BCUT2D eigenvalue weighted by molar-refractivity contribution is -0.141. The highest BCUT2D eigenvalue weighted by atomic mass is 16.5. The van der Waals surface area contributed by atoms with E-state index in [0.717, 1.165) is 22.4 Å². The molecule has 1 aromatic carbocycles. The van der Waals surface area contributed by atoms with Crippen LogP contribution in [-0.4, -0.2) is 30.1 Å². The van der Waals surface area contributed by atoms with E-state index in [1.165, 1.54) is 6.92 Å². The summed E-state index contributed by atoms with van der Waals surface area (Å²) < 4.78 is 5.21. The van der Waals surface area contributed by atoms with Gasteiger partial charge in [0.2, 0.25) is 5.91 Å². The summed E-state index contributed by atoms with van der Waals surface area (Å²) in [7, 11) is 1.60. The first-order valence-corrected chi connectivity index (χ1v) is 5.99. The number of nitrogens with one attached hydrogen (secondary N) is 1. The zero-order valence-electron chi connectivity index (χ0n) is 11.6. The predicted octanol–water partition coefficient (Wildman–Crippen LogP) is 1.44. The van der Waals surface area contributed by atoms with Gasteiger partial charge in [0.25, 0.3) is 0 Å². The average Bonchev–Trinajstić information content (AvgIpc) is 2.33. The van der Waals surface area contributed by atoms with Crippen molar-refractivity contribution in [1.82, 2.24) is 5.32 Å². The number of carboxylic acids is 1. The maximum Gasteiger partial charge on any atom is 0.326 e. The lowest BCUT2D eigenvalue weighted by Gasteiger charge is -2.17. The molecular formula is C14H19NO4. The smallest absolute Gasteiger partial charge is 0.326 e. The van der Waals surface area contributed by atoms with E-state index < -0.39 is 12.0 Å². The van der Waals surface area contributed by atoms with Crippen LogP contribution < -0.4 is 10.1 Å². The number of hydrogen-bond donors (Lipinski definition) is 2. The number of rotatable bonds is 5. The third-order valence-electron chi connectivity index (χ3n) is 3.17. The molecule has 0 bridgehead atoms. The van der Waals surface area contributed by atoms with E-state index in [-0.39, 0.29) is 12.3 Å². The monoisotopic (exact) mass is 265 g/mol. The lowest BCUT2D eigenvalue weighted by atomic mass is 9.97. The van der Waals surface area contributed by atoms with Crippen molar-refractivity contribution in [2.45, 2.75) is 33.2 Å². The molecule has 0 radical (unpaired) electrons. The second kappa shape index (κ2) is 6.22. The van der Waals surface area contributed by atoms with Crippen LogP contribution in [0.2, 0.25) is 0 Å². The van der Waals surface area contributed by atoms with Crippen LogP contribution in [-0.2, 0) is 16.0 Å². The highest BCUT2D eigenvalue weighted by Crippen LogP contribution is 2.24. The molecular weight excluding hydrogens is 246 g/mol. The van der Waals surface area contributed by atoms with Crippen molar-refractivity contribution >= 4 is 11.9 Å². The second-order valence-electron chi connectivity index (χ2n) is 4.47. The summed E-state index contributed by atoms with van der Waals surface area (Å²) in [4.78, 5) is 22.1. The van der Waals surface area contributed by atoms with E-state index in [1.807, 2.05) is 26.0 Å². The highest BCUT2D eigenvalue weighted by molar-refractivity contribution is 5.82. The number of hydrogen-bond acceptors (Lipinski definition) is 3. The number of methoxy groups -OCH3 is 1. The van der Waals surface area contributed by atoms with Crippen LogP contribution in [0.15, 0.2) is 12.1 Å². The molecule has 2 N–H and O–H groups in total. The minimum absolute atomic E-state index is 0.256. The van der Waals surface area contributed by atoms with Crippen LogP contribution >= 0.6 is 0 Å². The molecule has 1 atom stereocenters. The maximum atomic E-state index is 11.1. The molecule has 0 saturated carbocycles. The number of amides is 1. The largest absolute Gasteiger partial charge is 0.496 e. The van der Waals surface area contributed by atoms with Crippen molar-refractivity contribution in [3.63, 3.8) is 0 Å². The molecule has 0 aliphatic carbocycles. The molecule has 0 heterocycles. The van der Waals surface area contributed by atoms with E-state index in [1.54, 1.807) is 7.11 Å². The average molecular weight is 265 g/mol. The van der Waals surface area contributed by atoms with Gasteiger partial charge in [-0.3, -0.25) is 4.79 Å². The Morgan fingerprint density at radius 1 is 1.32 bits per heavy atom. The molecule has 1 rings (SSSR count). The van der Waals surface area contributed by atoms with Crippen molar-refractivity contribution in [3.8, 4) is 5.75 Å². The van der Waals surface area contributed by atoms with Gasteiger partial charge in [-0.05, 0) is 36.6 Å². The lowest BCUT2D eigenvalue weighted by Crippen LogP contribution is -2.41. The summed E-state index contributed by atoms with van der Waals surface area (Å²) in [5.74, 6) is -0.619. The number of carboxylic acid groups (broad SMARTS) is 1. The van der Waals surface area contributed by atoms with Gasteiger partial charge in [-0.1, -0.05) is 6.07 Å². The second-order valence-corrected chi connectivity index (χ2v) is 4.47. The first-order valence-electron chi connectivity index (χ1n) is 5.99. The molecule has 0 aliphatic heterocycles. The van der Waals surface area contributed by atoms with Crippen molar-refractivity contribution in [2.24, 2.45) is 0 Å². The Hall–Kier alpha value is -2.04. The van der Waals surface area contributed by atoms with Gasteiger partial charge in [-0.2, -0.15) is 0 Å². The molecule has 19 heavy (non-hydrogen) atoms. The predicted molar refractivity (Wildman–Crippen MR) is 71.4 cm³/mol. The first kappa shape index (κ1) is 15.0. The fourth-order valence-electron chi connectivity index (χ4n) is 1.96. The maximum absolute atomic E-state index is 11.1. The quantitative estimate of drug-likeness (QED) is 0.844. The Labute approximate surface area is 112 Å². The number of aliphatic carboxylic acids is 1. The minimum atomic E-state index is -1.04. The molecule has 0 spiro atoms. The Kier molecular flexibility index (Phi) is 4.92. The highest BCUT2D eigenvalue weighted by Gasteiger charge is 2.20. The van der Waals surface area contributed by atoms with Crippen LogP contribution in [0.1, 0.15) is 23.6 Å². The van der Waals surface area contributed by atoms with Gasteiger partial charge < -0.3 is 15.2 Å². The molecule has 1 aromatic rings. The summed E-state index contributed by atoms with van der Waals surface area (Å²) in [5, 5.41) is 11.5. The summed E-state index contributed by atoms with van der Waals surface area (Å²) in [6, 6.07) is 2.73. The van der Waals surface area contributed by atoms with E-state index >= 15 is 0 Å². The summed E-state index contributed by atoms with van der Waals surface area (Å²) in [6.07, 6.45) is 0.256. The fraction of sp³-hybridized carbons (Fsp3) is 0.429. The van der Waals surface area contributed by atoms with Crippen molar-refractivity contribution in [3.05, 3.63) is 28.8 Å². The molecule has 5 heteroatoms. The van der Waals surface area contributed by atoms with Crippen molar-refractivity contribution in [2.75, 3.05) is 7.11 Å². The Balaban J connectivity index is 3.00. The standard InChI is InChI=1S/C14H19NO4/c1-8-9(2)13(19-4)6-5-11(8)7-12(14(17)18)15-10(3)16/h5-6,12H,7H2,1-4H3,(H,15,16)(H,17,18)/t12-/m0/s1. The van der Waals surface area contributed by atoms with E-state index in [0.29, 0.717) is 0 Å². The Morgan fingerprint density at radius 2 is 1.95 bits per heavy atom. The zero-order chi connectivity index (χ0) is 14.6. The molecule has 104 valence electrons. The molecule has 0 aliphatic rings. The van der Waals surface area contributed by atoms with Gasteiger partial charge >= 0.3 is 5.97 Å². The van der Waals surface area contributed by atoms with Gasteiger partial charge in [0.15, 0.2) is 0 Å². The normalized spacial score (nSPS) is 11.8. The molecule has 0 fully saturated rings. The van der Waals surface area contributed by atoms with Crippen LogP contribution in [0.5, 0.6) is 5.75 Å². The summed E-state index contributed by atoms with van der Waals surface area (Å²) in [6.45, 7) is 5.15. The Morgan fingerprint density at radius 3 is 2.42 bits per heavy atom. The van der Waals surface area contributed by atoms with E-state index in [9.17, 15) is 9.59 Å². The third-order valence-corrected chi connectivity index (χ3v) is 3.17. The van der Waals surface area contributed by atoms with Crippen molar-refractivity contribution in [1.29, 1.82) is 0 Å². The molecule has 0 saturated heterocycles. The number of carbonyl (C=O) groups excluding carboxylic acids is 1. The molecule has 1 amide bonds. The fourth-order valence-corrected chi connectivity index (χ4v) is 1.96. The zero-order valence-corrected chi connectivity index (χ0v) is 11.6. The van der Waals surface area contributed by atoms with Gasteiger partial charge in [0.1, 0.15) is 11.8 Å². The van der Waals surface area contributed by atoms with Gasteiger partial charge in [0.05, 0.1) is 7.11 Å². The van der Waals surface area contributed by atoms with E-state index in [4.69, 9.17) is 9.84 Å². The number of benzene rings is 1. The van der Waals surface area contributed by atoms with Crippen LogP contribution in [0.4, 0.5) is 0 Å². The van der Waals surface area contributed by atoms with Crippen LogP contribution in [0.25, 0.3) is 0 Å². The van der Waals surface area contributed by atoms with Crippen LogP contribution in [0.3, 0.4) is 0 Å². The summed E-state index contributed by atoms with van der Waals surface area (Å²) >= 11 is 0. The Bertz CT molecular complexity index is 496. The topological polar surface area (TPSA) is 75.6 Å². The summed E-state index contributed by atoms with van der Waals surface area (Å²) in [5.41, 5.74) is 2.85. The molecule has 0 aromatic heterocycles. The number of ether oxygens (including phenoxy) is 1. The molecule has 0 unspecified atom stereocenters. The van der Waals surface area contributed by atoms with Crippen LogP contribution in [0, 0.1) is 13.8 Å². The first-order chi connectivity index (χ1) is 8.86. The SMILES string of the molecule is COc1ccc(C[C@H](NC(C)=O)C(=O)O)c(C)c1C. The van der Waals surface area contributed by atoms with E-state index in [2.05, 4.69) is 5.32 Å². The molecule has 5 nitrogen and oxygen atoms in total. The van der Waals surface area contributed by atoms with Gasteiger partial charge in [-0.25, -0.2) is 4.79 Å².